The van der Waals surface area contributed by atoms with Crippen molar-refractivity contribution in [3.05, 3.63) is 23.8 Å². The first kappa shape index (κ1) is 27.1. The minimum atomic E-state index is -0.552. The molecule has 0 aromatic heterocycles. The van der Waals surface area contributed by atoms with Crippen LogP contribution < -0.4 is 10.6 Å². The van der Waals surface area contributed by atoms with Crippen LogP contribution in [0.1, 0.15) is 73.3 Å². The third-order valence-electron chi connectivity index (χ3n) is 6.53. The van der Waals surface area contributed by atoms with Crippen molar-refractivity contribution in [2.24, 2.45) is 0 Å². The third-order valence-corrected chi connectivity index (χ3v) is 6.53. The van der Waals surface area contributed by atoms with Gasteiger partial charge in [0, 0.05) is 37.8 Å². The van der Waals surface area contributed by atoms with Gasteiger partial charge < -0.3 is 19.7 Å². The summed E-state index contributed by atoms with van der Waals surface area (Å²) in [5.74, 6) is 0. The van der Waals surface area contributed by atoms with Gasteiger partial charge in [-0.15, -0.1) is 0 Å². The van der Waals surface area contributed by atoms with Gasteiger partial charge in [0.25, 0.3) is 0 Å². The van der Waals surface area contributed by atoms with Crippen LogP contribution in [-0.2, 0) is 9.47 Å². The van der Waals surface area contributed by atoms with E-state index >= 15 is 0 Å². The summed E-state index contributed by atoms with van der Waals surface area (Å²) in [6.45, 7) is 18.9. The maximum absolute atomic E-state index is 12.5. The number of nitrogens with zero attached hydrogens (tertiary/aromatic N) is 2. The van der Waals surface area contributed by atoms with Crippen LogP contribution >= 0.6 is 0 Å². The van der Waals surface area contributed by atoms with Crippen molar-refractivity contribution in [2.75, 3.05) is 36.8 Å². The second-order valence-corrected chi connectivity index (χ2v) is 12.2. The van der Waals surface area contributed by atoms with Gasteiger partial charge >= 0.3 is 12.2 Å². The monoisotopic (exact) mass is 488 g/mol. The summed E-state index contributed by atoms with van der Waals surface area (Å²) in [4.78, 5) is 29.2. The summed E-state index contributed by atoms with van der Waals surface area (Å²) >= 11 is 0. The van der Waals surface area contributed by atoms with E-state index in [1.54, 1.807) is 0 Å². The normalized spacial score (nSPS) is 22.1. The van der Waals surface area contributed by atoms with Crippen molar-refractivity contribution in [3.63, 3.8) is 0 Å². The quantitative estimate of drug-likeness (QED) is 0.573. The topological polar surface area (TPSA) is 83.1 Å². The van der Waals surface area contributed by atoms with Crippen molar-refractivity contribution in [2.45, 2.75) is 97.4 Å². The van der Waals surface area contributed by atoms with Crippen LogP contribution in [0.25, 0.3) is 0 Å². The predicted molar refractivity (Wildman–Crippen MR) is 140 cm³/mol. The van der Waals surface area contributed by atoms with Gasteiger partial charge in [-0.1, -0.05) is 6.07 Å². The fraction of sp³-hybridized carbons (Fsp3) is 0.704. The highest BCUT2D eigenvalue weighted by molar-refractivity contribution is 5.90. The van der Waals surface area contributed by atoms with Crippen LogP contribution in [0.15, 0.2) is 18.2 Å². The van der Waals surface area contributed by atoms with Crippen LogP contribution in [0.3, 0.4) is 0 Å². The van der Waals surface area contributed by atoms with Gasteiger partial charge in [0.15, 0.2) is 0 Å². The molecule has 2 amide bonds. The van der Waals surface area contributed by atoms with Gasteiger partial charge in [-0.2, -0.15) is 0 Å². The molecule has 1 atom stereocenters. The molecule has 0 bridgehead atoms. The maximum Gasteiger partial charge on any atom is 0.412 e. The molecule has 2 heterocycles. The zero-order chi connectivity index (χ0) is 26.0. The molecule has 35 heavy (non-hydrogen) atoms. The van der Waals surface area contributed by atoms with E-state index in [-0.39, 0.29) is 11.6 Å². The smallest absolute Gasteiger partial charge is 0.412 e. The van der Waals surface area contributed by atoms with E-state index < -0.39 is 17.3 Å². The Morgan fingerprint density at radius 1 is 0.971 bits per heavy atom. The standard InChI is InChI=1S/C27H44N4O4/c1-19-9-10-21(22(17-19)29-23(32)34-25(2,3)4)28-20-11-14-31(15-12-20)27(8)13-16-30(18-27)24(33)35-26(5,6)7/h9-10,17,20,28H,11-16,18H2,1-8H3,(H,29,32). The molecule has 8 nitrogen and oxygen atoms in total. The molecule has 0 spiro atoms. The Labute approximate surface area is 210 Å². The van der Waals surface area contributed by atoms with E-state index in [1.807, 2.05) is 71.6 Å². The number of carbonyl (C=O) groups is 2. The van der Waals surface area contributed by atoms with Crippen LogP contribution in [-0.4, -0.2) is 70.9 Å². The van der Waals surface area contributed by atoms with E-state index in [9.17, 15) is 9.59 Å². The van der Waals surface area contributed by atoms with Crippen LogP contribution in [0, 0.1) is 6.92 Å². The number of hydrogen-bond donors (Lipinski definition) is 2. The molecule has 0 aliphatic carbocycles. The number of aryl methyl sites for hydroxylation is 1. The van der Waals surface area contributed by atoms with Crippen LogP contribution in [0.4, 0.5) is 21.0 Å². The Balaban J connectivity index is 1.56. The zero-order valence-electron chi connectivity index (χ0n) is 22.8. The molecule has 0 saturated carbocycles. The second kappa shape index (κ2) is 10.2. The first-order chi connectivity index (χ1) is 16.1. The van der Waals surface area contributed by atoms with Gasteiger partial charge in [-0.05, 0) is 92.3 Å². The molecule has 2 N–H and O–H groups in total. The summed E-state index contributed by atoms with van der Waals surface area (Å²) in [6.07, 6.45) is 2.25. The zero-order valence-corrected chi connectivity index (χ0v) is 22.8. The van der Waals surface area contributed by atoms with Gasteiger partial charge in [0.1, 0.15) is 11.2 Å². The maximum atomic E-state index is 12.5. The van der Waals surface area contributed by atoms with Crippen LogP contribution in [0.2, 0.25) is 0 Å². The molecule has 1 aromatic carbocycles. The first-order valence-corrected chi connectivity index (χ1v) is 12.7. The molecular formula is C27H44N4O4. The van der Waals surface area contributed by atoms with Gasteiger partial charge in [0.05, 0.1) is 11.4 Å². The van der Waals surface area contributed by atoms with Crippen molar-refractivity contribution >= 4 is 23.6 Å². The van der Waals surface area contributed by atoms with Crippen molar-refractivity contribution in [3.8, 4) is 0 Å². The molecule has 1 unspecified atom stereocenters. The summed E-state index contributed by atoms with van der Waals surface area (Å²) in [6, 6.07) is 6.33. The summed E-state index contributed by atoms with van der Waals surface area (Å²) in [5, 5.41) is 6.54. The second-order valence-electron chi connectivity index (χ2n) is 12.2. The number of piperidine rings is 1. The highest BCUT2D eigenvalue weighted by atomic mass is 16.6. The minimum absolute atomic E-state index is 0.0326. The lowest BCUT2D eigenvalue weighted by Crippen LogP contribution is -2.53. The predicted octanol–water partition coefficient (Wildman–Crippen LogP) is 5.62. The van der Waals surface area contributed by atoms with E-state index in [0.717, 1.165) is 55.8 Å². The molecule has 3 rings (SSSR count). The molecule has 0 radical (unpaired) electrons. The Morgan fingerprint density at radius 2 is 1.60 bits per heavy atom. The third kappa shape index (κ3) is 7.75. The number of amides is 2. The summed E-state index contributed by atoms with van der Waals surface area (Å²) < 4.78 is 11.0. The number of anilines is 2. The first-order valence-electron chi connectivity index (χ1n) is 12.7. The number of carbonyl (C=O) groups excluding carboxylic acids is 2. The fourth-order valence-corrected chi connectivity index (χ4v) is 4.77. The van der Waals surface area contributed by atoms with Crippen molar-refractivity contribution in [1.29, 1.82) is 0 Å². The average molecular weight is 489 g/mol. The van der Waals surface area contributed by atoms with Crippen molar-refractivity contribution < 1.29 is 19.1 Å². The van der Waals surface area contributed by atoms with E-state index in [1.165, 1.54) is 0 Å². The Bertz CT molecular complexity index is 913. The fourth-order valence-electron chi connectivity index (χ4n) is 4.77. The van der Waals surface area contributed by atoms with E-state index in [0.29, 0.717) is 12.6 Å². The molecular weight excluding hydrogens is 444 g/mol. The van der Waals surface area contributed by atoms with Crippen molar-refractivity contribution in [1.82, 2.24) is 9.80 Å². The molecule has 2 fully saturated rings. The number of likely N-dealkylation sites (tertiary alicyclic amines) is 2. The van der Waals surface area contributed by atoms with Gasteiger partial charge in [-0.3, -0.25) is 10.2 Å². The minimum Gasteiger partial charge on any atom is -0.444 e. The number of rotatable bonds is 4. The molecule has 8 heteroatoms. The lowest BCUT2D eigenvalue weighted by atomic mass is 9.93. The summed E-state index contributed by atoms with van der Waals surface area (Å²) in [5.41, 5.74) is 1.65. The number of nitrogens with one attached hydrogen (secondary N) is 2. The molecule has 2 saturated heterocycles. The largest absolute Gasteiger partial charge is 0.444 e. The highest BCUT2D eigenvalue weighted by Gasteiger charge is 2.42. The van der Waals surface area contributed by atoms with Crippen LogP contribution in [0.5, 0.6) is 0 Å². The molecule has 2 aliphatic rings. The molecule has 2 aliphatic heterocycles. The van der Waals surface area contributed by atoms with Gasteiger partial charge in [0.2, 0.25) is 0 Å². The number of ether oxygens (including phenoxy) is 2. The SMILES string of the molecule is Cc1ccc(NC2CCN(C3(C)CCN(C(=O)OC(C)(C)C)C3)CC2)c(NC(=O)OC(C)(C)C)c1. The van der Waals surface area contributed by atoms with Gasteiger partial charge in [-0.25, -0.2) is 9.59 Å². The molecule has 1 aromatic rings. The average Bonchev–Trinajstić information content (AvgIpc) is 3.11. The Kier molecular flexibility index (Phi) is 7.94. The lowest BCUT2D eigenvalue weighted by molar-refractivity contribution is 0.0232. The summed E-state index contributed by atoms with van der Waals surface area (Å²) in [7, 11) is 0. The Morgan fingerprint density at radius 3 is 2.20 bits per heavy atom. The van der Waals surface area contributed by atoms with E-state index in [4.69, 9.17) is 9.47 Å². The Hall–Kier alpha value is -2.48. The number of hydrogen-bond acceptors (Lipinski definition) is 6. The van der Waals surface area contributed by atoms with E-state index in [2.05, 4.69) is 22.5 Å². The molecule has 196 valence electrons. The number of benzene rings is 1. The highest BCUT2D eigenvalue weighted by Crippen LogP contribution is 2.33. The lowest BCUT2D eigenvalue weighted by Gasteiger charge is -2.43.